The van der Waals surface area contributed by atoms with Gasteiger partial charge < -0.3 is 0 Å². The van der Waals surface area contributed by atoms with E-state index in [0.717, 1.165) is 32.5 Å². The second-order valence-electron chi connectivity index (χ2n) is 4.68. The lowest BCUT2D eigenvalue weighted by Crippen LogP contribution is -2.34. The van der Waals surface area contributed by atoms with E-state index in [1.807, 2.05) is 18.5 Å². The molecule has 0 N–H and O–H groups in total. The maximum Gasteiger partial charge on any atom is 0.0923 e. The van der Waals surface area contributed by atoms with Crippen molar-refractivity contribution in [2.75, 3.05) is 19.8 Å². The number of rotatable bonds is 3. The summed E-state index contributed by atoms with van der Waals surface area (Å²) in [5.74, 6) is 0.297. The molecule has 0 saturated carbocycles. The summed E-state index contributed by atoms with van der Waals surface area (Å²) < 4.78 is 12.5. The van der Waals surface area contributed by atoms with Gasteiger partial charge in [-0.15, -0.1) is 0 Å². The molecule has 1 aliphatic heterocycles. The lowest BCUT2D eigenvalue weighted by Gasteiger charge is -2.30. The predicted octanol–water partition coefficient (Wildman–Crippen LogP) is 2.57. The fraction of sp³-hybridized carbons (Fsp3) is 0.615. The summed E-state index contributed by atoms with van der Waals surface area (Å²) in [6.07, 6.45) is 5.76. The van der Waals surface area contributed by atoms with E-state index < -0.39 is 0 Å². The summed E-state index contributed by atoms with van der Waals surface area (Å²) in [4.78, 5) is 6.55. The van der Waals surface area contributed by atoms with Crippen LogP contribution in [-0.2, 0) is 6.54 Å². The molecular weight excluding hydrogens is 203 g/mol. The van der Waals surface area contributed by atoms with Gasteiger partial charge in [0.15, 0.2) is 0 Å². The van der Waals surface area contributed by atoms with Crippen LogP contribution in [0.15, 0.2) is 18.5 Å². The summed E-state index contributed by atoms with van der Waals surface area (Å²) in [6.45, 7) is 4.95. The first-order valence-corrected chi connectivity index (χ1v) is 5.97. The molecule has 88 valence electrons. The Bertz CT molecular complexity index is 332. The van der Waals surface area contributed by atoms with Gasteiger partial charge >= 0.3 is 0 Å². The predicted molar refractivity (Wildman–Crippen MR) is 63.0 cm³/mol. The summed E-state index contributed by atoms with van der Waals surface area (Å²) in [5, 5.41) is 0. The standard InChI is InChI=1S/C13H19FN2/c1-11-2-5-15-9-13(11)10-16-6-3-12(8-14)4-7-16/h2,5,9,12H,3-4,6-8,10H2,1H3. The second-order valence-corrected chi connectivity index (χ2v) is 4.68. The van der Waals surface area contributed by atoms with Crippen molar-refractivity contribution in [3.8, 4) is 0 Å². The highest BCUT2D eigenvalue weighted by atomic mass is 19.1. The minimum Gasteiger partial charge on any atom is -0.299 e. The lowest BCUT2D eigenvalue weighted by molar-refractivity contribution is 0.159. The number of pyridine rings is 1. The molecule has 2 rings (SSSR count). The monoisotopic (exact) mass is 222 g/mol. The van der Waals surface area contributed by atoms with E-state index in [1.54, 1.807) is 0 Å². The Morgan fingerprint density at radius 3 is 2.81 bits per heavy atom. The number of alkyl halides is 1. The zero-order valence-corrected chi connectivity index (χ0v) is 9.82. The highest BCUT2D eigenvalue weighted by Gasteiger charge is 2.19. The molecular formula is C13H19FN2. The molecule has 0 aliphatic carbocycles. The van der Waals surface area contributed by atoms with E-state index in [-0.39, 0.29) is 6.67 Å². The third-order valence-electron chi connectivity index (χ3n) is 3.47. The minimum absolute atomic E-state index is 0.153. The molecule has 3 heteroatoms. The smallest absolute Gasteiger partial charge is 0.0923 e. The van der Waals surface area contributed by atoms with Crippen LogP contribution in [0.25, 0.3) is 0 Å². The molecule has 0 radical (unpaired) electrons. The van der Waals surface area contributed by atoms with E-state index >= 15 is 0 Å². The SMILES string of the molecule is Cc1ccncc1CN1CCC(CF)CC1. The second kappa shape index (κ2) is 5.39. The van der Waals surface area contributed by atoms with Crippen molar-refractivity contribution in [1.82, 2.24) is 9.88 Å². The fourth-order valence-corrected chi connectivity index (χ4v) is 2.20. The normalized spacial score (nSPS) is 18.9. The van der Waals surface area contributed by atoms with Crippen LogP contribution in [0.2, 0.25) is 0 Å². The third-order valence-corrected chi connectivity index (χ3v) is 3.47. The molecule has 1 aromatic heterocycles. The van der Waals surface area contributed by atoms with Gasteiger partial charge in [-0.3, -0.25) is 14.3 Å². The van der Waals surface area contributed by atoms with Crippen LogP contribution in [0.4, 0.5) is 4.39 Å². The van der Waals surface area contributed by atoms with Crippen molar-refractivity contribution in [3.05, 3.63) is 29.6 Å². The molecule has 0 aromatic carbocycles. The summed E-state index contributed by atoms with van der Waals surface area (Å²) in [6, 6.07) is 2.05. The van der Waals surface area contributed by atoms with Gasteiger partial charge in [0.2, 0.25) is 0 Å². The number of likely N-dealkylation sites (tertiary alicyclic amines) is 1. The number of hydrogen-bond acceptors (Lipinski definition) is 2. The number of aryl methyl sites for hydroxylation is 1. The molecule has 1 aromatic rings. The Balaban J connectivity index is 1.89. The van der Waals surface area contributed by atoms with Crippen molar-refractivity contribution in [1.29, 1.82) is 0 Å². The van der Waals surface area contributed by atoms with Crippen molar-refractivity contribution >= 4 is 0 Å². The Morgan fingerprint density at radius 2 is 2.19 bits per heavy atom. The van der Waals surface area contributed by atoms with Crippen LogP contribution in [-0.4, -0.2) is 29.6 Å². The lowest BCUT2D eigenvalue weighted by atomic mass is 9.98. The van der Waals surface area contributed by atoms with Crippen LogP contribution in [0.5, 0.6) is 0 Å². The average molecular weight is 222 g/mol. The van der Waals surface area contributed by atoms with Gasteiger partial charge in [0, 0.05) is 18.9 Å². The number of halogens is 1. The Kier molecular flexibility index (Phi) is 3.88. The van der Waals surface area contributed by atoms with Crippen molar-refractivity contribution in [2.24, 2.45) is 5.92 Å². The molecule has 0 unspecified atom stereocenters. The van der Waals surface area contributed by atoms with E-state index in [0.29, 0.717) is 5.92 Å². The largest absolute Gasteiger partial charge is 0.299 e. The molecule has 0 atom stereocenters. The Morgan fingerprint density at radius 1 is 1.44 bits per heavy atom. The molecule has 1 fully saturated rings. The first-order chi connectivity index (χ1) is 7.79. The van der Waals surface area contributed by atoms with Gasteiger partial charge in [0.25, 0.3) is 0 Å². The number of nitrogens with zero attached hydrogens (tertiary/aromatic N) is 2. The zero-order chi connectivity index (χ0) is 11.4. The Hall–Kier alpha value is -0.960. The van der Waals surface area contributed by atoms with E-state index in [2.05, 4.69) is 16.8 Å². The summed E-state index contributed by atoms with van der Waals surface area (Å²) in [7, 11) is 0. The molecule has 2 nitrogen and oxygen atoms in total. The first-order valence-electron chi connectivity index (χ1n) is 5.97. The molecule has 1 saturated heterocycles. The van der Waals surface area contributed by atoms with Crippen molar-refractivity contribution < 1.29 is 4.39 Å². The number of piperidine rings is 1. The van der Waals surface area contributed by atoms with E-state index in [4.69, 9.17) is 0 Å². The van der Waals surface area contributed by atoms with Gasteiger partial charge in [-0.05, 0) is 56.0 Å². The number of hydrogen-bond donors (Lipinski definition) is 0. The van der Waals surface area contributed by atoms with E-state index in [1.165, 1.54) is 11.1 Å². The molecule has 0 bridgehead atoms. The number of aromatic nitrogens is 1. The first kappa shape index (κ1) is 11.5. The minimum atomic E-state index is -0.153. The molecule has 1 aliphatic rings. The van der Waals surface area contributed by atoms with Gasteiger partial charge in [-0.2, -0.15) is 0 Å². The van der Waals surface area contributed by atoms with Gasteiger partial charge in [0.05, 0.1) is 6.67 Å². The van der Waals surface area contributed by atoms with E-state index in [9.17, 15) is 4.39 Å². The average Bonchev–Trinajstić information content (AvgIpc) is 2.33. The Labute approximate surface area is 96.5 Å². The van der Waals surface area contributed by atoms with Crippen LogP contribution in [0, 0.1) is 12.8 Å². The van der Waals surface area contributed by atoms with Crippen LogP contribution in [0.1, 0.15) is 24.0 Å². The van der Waals surface area contributed by atoms with Gasteiger partial charge in [0.1, 0.15) is 0 Å². The molecule has 0 amide bonds. The highest BCUT2D eigenvalue weighted by molar-refractivity contribution is 5.21. The maximum atomic E-state index is 12.5. The van der Waals surface area contributed by atoms with Crippen molar-refractivity contribution in [2.45, 2.75) is 26.3 Å². The molecule has 0 spiro atoms. The summed E-state index contributed by atoms with van der Waals surface area (Å²) >= 11 is 0. The van der Waals surface area contributed by atoms with Crippen LogP contribution < -0.4 is 0 Å². The van der Waals surface area contributed by atoms with Gasteiger partial charge in [-0.25, -0.2) is 0 Å². The van der Waals surface area contributed by atoms with Gasteiger partial charge in [-0.1, -0.05) is 0 Å². The molecule has 2 heterocycles. The highest BCUT2D eigenvalue weighted by Crippen LogP contribution is 2.19. The quantitative estimate of drug-likeness (QED) is 0.781. The maximum absolute atomic E-state index is 12.5. The van der Waals surface area contributed by atoms with Crippen LogP contribution >= 0.6 is 0 Å². The third kappa shape index (κ3) is 2.79. The van der Waals surface area contributed by atoms with Crippen LogP contribution in [0.3, 0.4) is 0 Å². The zero-order valence-electron chi connectivity index (χ0n) is 9.82. The summed E-state index contributed by atoms with van der Waals surface area (Å²) in [5.41, 5.74) is 2.59. The fourth-order valence-electron chi connectivity index (χ4n) is 2.20. The topological polar surface area (TPSA) is 16.1 Å². The van der Waals surface area contributed by atoms with Crippen molar-refractivity contribution in [3.63, 3.8) is 0 Å². The molecule has 16 heavy (non-hydrogen) atoms.